The van der Waals surface area contributed by atoms with E-state index in [1.165, 1.54) is 0 Å². The predicted molar refractivity (Wildman–Crippen MR) is 128 cm³/mol. The van der Waals surface area contributed by atoms with Crippen LogP contribution in [0.15, 0.2) is 24.3 Å². The van der Waals surface area contributed by atoms with Gasteiger partial charge < -0.3 is 31.5 Å². The number of benzene rings is 1. The Kier molecular flexibility index (Phi) is 8.99. The van der Waals surface area contributed by atoms with Crippen LogP contribution >= 0.6 is 0 Å². The number of carboxylic acid groups (broad SMARTS) is 2. The van der Waals surface area contributed by atoms with Crippen molar-refractivity contribution in [3.05, 3.63) is 47.3 Å². The van der Waals surface area contributed by atoms with Gasteiger partial charge in [-0.1, -0.05) is 0 Å². The van der Waals surface area contributed by atoms with Crippen LogP contribution in [0.2, 0.25) is 0 Å². The summed E-state index contributed by atoms with van der Waals surface area (Å²) in [5.41, 5.74) is 10.2. The number of likely N-dealkylation sites (tertiary alicyclic amines) is 2. The molecule has 1 saturated carbocycles. The number of nitrogens with two attached hydrogens (primary N) is 2. The van der Waals surface area contributed by atoms with E-state index in [0.717, 1.165) is 12.5 Å². The van der Waals surface area contributed by atoms with Crippen LogP contribution in [0, 0.1) is 28.8 Å². The molecule has 6 N–H and O–H groups in total. The molecule has 39 heavy (non-hydrogen) atoms. The fourth-order valence-corrected chi connectivity index (χ4v) is 4.99. The minimum atomic E-state index is -1.28. The van der Waals surface area contributed by atoms with Crippen molar-refractivity contribution in [1.29, 1.82) is 0 Å². The highest BCUT2D eigenvalue weighted by molar-refractivity contribution is 6.07. The first kappa shape index (κ1) is 29.6. The number of carbonyl (C=O) groups excluding carboxylic acids is 3. The second kappa shape index (κ2) is 11.8. The second-order valence-electron chi connectivity index (χ2n) is 9.90. The van der Waals surface area contributed by atoms with Crippen LogP contribution in [0.25, 0.3) is 0 Å². The van der Waals surface area contributed by atoms with Gasteiger partial charge >= 0.3 is 11.9 Å². The van der Waals surface area contributed by atoms with Crippen molar-refractivity contribution in [3.63, 3.8) is 0 Å². The molecule has 3 fully saturated rings. The van der Waals surface area contributed by atoms with E-state index in [1.54, 1.807) is 9.80 Å². The number of carbonyl (C=O) groups is 5. The summed E-state index contributed by atoms with van der Waals surface area (Å²) in [7, 11) is 0. The topological polar surface area (TPSA) is 184 Å². The number of rotatable bonds is 8. The van der Waals surface area contributed by atoms with Crippen LogP contribution in [0.4, 0.5) is 13.2 Å². The fraction of sp³-hybridized carbons (Fsp3) is 0.480. The molecule has 2 aliphatic heterocycles. The van der Waals surface area contributed by atoms with Gasteiger partial charge in [0.1, 0.15) is 11.2 Å². The molecule has 3 amide bonds. The Balaban J connectivity index is 0.000000459. The number of primary amides is 1. The van der Waals surface area contributed by atoms with E-state index >= 15 is 0 Å². The summed E-state index contributed by atoms with van der Waals surface area (Å²) in [4.78, 5) is 59.7. The molecular weight excluding hydrogens is 525 g/mol. The van der Waals surface area contributed by atoms with Gasteiger partial charge in [0.2, 0.25) is 17.7 Å². The van der Waals surface area contributed by atoms with Crippen molar-refractivity contribution in [2.75, 3.05) is 19.6 Å². The third-order valence-corrected chi connectivity index (χ3v) is 7.16. The molecule has 1 unspecified atom stereocenters. The van der Waals surface area contributed by atoms with Gasteiger partial charge in [0, 0.05) is 56.2 Å². The molecule has 3 aliphatic rings. The normalized spacial score (nSPS) is 21.6. The second-order valence-corrected chi connectivity index (χ2v) is 9.90. The average Bonchev–Trinajstić information content (AvgIpc) is 3.41. The fourth-order valence-electron chi connectivity index (χ4n) is 4.99. The lowest BCUT2D eigenvalue weighted by Gasteiger charge is -2.27. The Labute approximate surface area is 221 Å². The maximum absolute atomic E-state index is 13.9. The number of carboxylic acids is 2. The molecule has 0 spiro atoms. The van der Waals surface area contributed by atoms with Crippen LogP contribution in [-0.2, 0) is 30.4 Å². The highest BCUT2D eigenvalue weighted by Gasteiger charge is 2.59. The highest BCUT2D eigenvalue weighted by atomic mass is 19.2. The molecule has 1 aliphatic carbocycles. The SMILES string of the molecule is NC(=O)C1(C(=O)N2C[C@@H]3CCN(C(=O)CC(N)Cc4cc(F)c(F)cc4F)[C@@H]3C2)CC1.O=C(O)C=CC(=O)O. The number of hydrogen-bond acceptors (Lipinski definition) is 6. The van der Waals surface area contributed by atoms with Crippen LogP contribution in [0.1, 0.15) is 31.2 Å². The third-order valence-electron chi connectivity index (χ3n) is 7.16. The molecule has 3 atom stereocenters. The third kappa shape index (κ3) is 6.93. The number of amides is 3. The molecular formula is C25H29F3N4O7. The smallest absolute Gasteiger partial charge is 0.328 e. The zero-order valence-corrected chi connectivity index (χ0v) is 20.8. The first-order valence-corrected chi connectivity index (χ1v) is 12.2. The predicted octanol–water partition coefficient (Wildman–Crippen LogP) is 0.400. The van der Waals surface area contributed by atoms with Gasteiger partial charge in [-0.3, -0.25) is 14.4 Å². The summed E-state index contributed by atoms with van der Waals surface area (Å²) in [6, 6.07) is 0.294. The molecule has 212 valence electrons. The molecule has 14 heteroatoms. The van der Waals surface area contributed by atoms with Gasteiger partial charge in [-0.05, 0) is 37.3 Å². The molecule has 0 aromatic heterocycles. The molecule has 2 saturated heterocycles. The van der Waals surface area contributed by atoms with Crippen molar-refractivity contribution >= 4 is 29.7 Å². The lowest BCUT2D eigenvalue weighted by atomic mass is 10.0. The van der Waals surface area contributed by atoms with Crippen LogP contribution in [-0.4, -0.2) is 81.4 Å². The standard InChI is InChI=1S/C21H25F3N4O3.C4H4O4/c22-14-8-16(24)15(23)6-12(14)5-13(25)7-18(29)28-4-1-11-9-27(10-17(11)28)20(31)21(2-3-21)19(26)30;5-3(6)1-2-4(7)8/h6,8,11,13,17H,1-5,7,9-10,25H2,(H2,26,30);1-2H,(H,5,6)(H,7,8)/t11-,13?,17+;/m0./s1. The van der Waals surface area contributed by atoms with Gasteiger partial charge in [-0.15, -0.1) is 0 Å². The van der Waals surface area contributed by atoms with Crippen LogP contribution in [0.5, 0.6) is 0 Å². The van der Waals surface area contributed by atoms with E-state index in [-0.39, 0.29) is 42.2 Å². The Morgan fingerprint density at radius 2 is 1.59 bits per heavy atom. The molecule has 0 bridgehead atoms. The summed E-state index contributed by atoms with van der Waals surface area (Å²) < 4.78 is 40.3. The van der Waals surface area contributed by atoms with E-state index in [9.17, 15) is 37.1 Å². The first-order chi connectivity index (χ1) is 18.2. The number of aliphatic carboxylic acids is 2. The van der Waals surface area contributed by atoms with Crippen molar-refractivity contribution in [3.8, 4) is 0 Å². The van der Waals surface area contributed by atoms with Crippen LogP contribution in [0.3, 0.4) is 0 Å². The van der Waals surface area contributed by atoms with E-state index in [1.807, 2.05) is 0 Å². The summed E-state index contributed by atoms with van der Waals surface area (Å²) in [6.45, 7) is 1.36. The molecule has 0 radical (unpaired) electrons. The molecule has 4 rings (SSSR count). The maximum Gasteiger partial charge on any atom is 0.328 e. The molecule has 2 heterocycles. The van der Waals surface area contributed by atoms with Crippen molar-refractivity contribution < 1.29 is 47.4 Å². The van der Waals surface area contributed by atoms with E-state index < -0.39 is 46.8 Å². The van der Waals surface area contributed by atoms with Crippen molar-refractivity contribution in [2.45, 2.75) is 44.2 Å². The Morgan fingerprint density at radius 3 is 2.13 bits per heavy atom. The van der Waals surface area contributed by atoms with Gasteiger partial charge in [-0.2, -0.15) is 0 Å². The number of nitrogens with zero attached hydrogens (tertiary/aromatic N) is 2. The lowest BCUT2D eigenvalue weighted by Crippen LogP contribution is -2.46. The summed E-state index contributed by atoms with van der Waals surface area (Å²) in [6.07, 6.45) is 2.58. The zero-order valence-electron chi connectivity index (χ0n) is 20.8. The minimum absolute atomic E-state index is 0.0825. The van der Waals surface area contributed by atoms with Crippen LogP contribution < -0.4 is 11.5 Å². The number of halogens is 3. The van der Waals surface area contributed by atoms with Gasteiger partial charge in [0.05, 0.1) is 6.04 Å². The molecule has 1 aromatic rings. The van der Waals surface area contributed by atoms with Gasteiger partial charge in [0.15, 0.2) is 11.6 Å². The Morgan fingerprint density at radius 1 is 1.00 bits per heavy atom. The van der Waals surface area contributed by atoms with Crippen molar-refractivity contribution in [1.82, 2.24) is 9.80 Å². The molecule has 1 aromatic carbocycles. The monoisotopic (exact) mass is 554 g/mol. The molecule has 11 nitrogen and oxygen atoms in total. The number of fused-ring (bicyclic) bond motifs is 1. The largest absolute Gasteiger partial charge is 0.478 e. The minimum Gasteiger partial charge on any atom is -0.478 e. The Bertz CT molecular complexity index is 1190. The zero-order chi connectivity index (χ0) is 29.1. The van der Waals surface area contributed by atoms with Crippen molar-refractivity contribution in [2.24, 2.45) is 22.8 Å². The number of hydrogen-bond donors (Lipinski definition) is 4. The van der Waals surface area contributed by atoms with Gasteiger partial charge in [0.25, 0.3) is 0 Å². The summed E-state index contributed by atoms with van der Waals surface area (Å²) in [5.74, 6) is -6.83. The first-order valence-electron chi connectivity index (χ1n) is 12.2. The van der Waals surface area contributed by atoms with E-state index in [0.29, 0.717) is 50.7 Å². The van der Waals surface area contributed by atoms with E-state index in [2.05, 4.69) is 0 Å². The maximum atomic E-state index is 13.9. The average molecular weight is 555 g/mol. The summed E-state index contributed by atoms with van der Waals surface area (Å²) in [5, 5.41) is 15.6. The van der Waals surface area contributed by atoms with E-state index in [4.69, 9.17) is 21.7 Å². The Hall–Kier alpha value is -3.94. The summed E-state index contributed by atoms with van der Waals surface area (Å²) >= 11 is 0. The highest BCUT2D eigenvalue weighted by Crippen LogP contribution is 2.48. The lowest BCUT2D eigenvalue weighted by molar-refractivity contribution is -0.143. The van der Waals surface area contributed by atoms with Gasteiger partial charge in [-0.25, -0.2) is 22.8 Å². The quantitative estimate of drug-likeness (QED) is 0.202.